The number of carbonyl (C=O) groups is 2. The van der Waals surface area contributed by atoms with Crippen molar-refractivity contribution in [2.75, 3.05) is 13.1 Å². The maximum absolute atomic E-state index is 12.6. The molecule has 23 heavy (non-hydrogen) atoms. The minimum Gasteiger partial charge on any atom is -0.350 e. The van der Waals surface area contributed by atoms with Crippen molar-refractivity contribution < 1.29 is 22.8 Å². The van der Waals surface area contributed by atoms with Gasteiger partial charge in [0.05, 0.1) is 12.1 Å². The fourth-order valence-electron chi connectivity index (χ4n) is 2.42. The Morgan fingerprint density at radius 2 is 2.09 bits per heavy atom. The Kier molecular flexibility index (Phi) is 5.25. The van der Waals surface area contributed by atoms with Gasteiger partial charge >= 0.3 is 6.18 Å². The molecule has 0 radical (unpaired) electrons. The van der Waals surface area contributed by atoms with Crippen LogP contribution < -0.4 is 16.0 Å². The molecule has 0 aliphatic carbocycles. The lowest BCUT2D eigenvalue weighted by Crippen LogP contribution is -2.42. The zero-order chi connectivity index (χ0) is 17.0. The second kappa shape index (κ2) is 6.99. The van der Waals surface area contributed by atoms with Crippen LogP contribution in [0, 0.1) is 0 Å². The van der Waals surface area contributed by atoms with E-state index in [1.165, 1.54) is 6.07 Å². The highest BCUT2D eigenvalue weighted by Crippen LogP contribution is 2.29. The van der Waals surface area contributed by atoms with Crippen LogP contribution in [0.2, 0.25) is 0 Å². The van der Waals surface area contributed by atoms with Crippen LogP contribution in [-0.4, -0.2) is 37.0 Å². The Hall–Kier alpha value is -2.09. The van der Waals surface area contributed by atoms with Crippen LogP contribution in [-0.2, 0) is 11.0 Å². The first kappa shape index (κ1) is 17.3. The summed E-state index contributed by atoms with van der Waals surface area (Å²) in [7, 11) is 0. The molecule has 8 heteroatoms. The number of hydrogen-bond donors (Lipinski definition) is 3. The first-order valence-electron chi connectivity index (χ1n) is 7.24. The minimum absolute atomic E-state index is 0.00274. The summed E-state index contributed by atoms with van der Waals surface area (Å²) in [4.78, 5) is 23.6. The molecule has 1 aliphatic rings. The van der Waals surface area contributed by atoms with Crippen molar-refractivity contribution in [3.05, 3.63) is 35.4 Å². The van der Waals surface area contributed by atoms with Crippen LogP contribution in [0.25, 0.3) is 0 Å². The molecule has 0 unspecified atom stereocenters. The molecule has 1 heterocycles. The van der Waals surface area contributed by atoms with E-state index in [2.05, 4.69) is 16.0 Å². The summed E-state index contributed by atoms with van der Waals surface area (Å²) in [6, 6.07) is 4.39. The molecule has 126 valence electrons. The van der Waals surface area contributed by atoms with Crippen molar-refractivity contribution in [2.24, 2.45) is 0 Å². The third-order valence-corrected chi connectivity index (χ3v) is 3.58. The second-order valence-electron chi connectivity index (χ2n) is 5.57. The van der Waals surface area contributed by atoms with Gasteiger partial charge in [0.25, 0.3) is 5.91 Å². The molecule has 0 spiro atoms. The fraction of sp³-hybridized carbons (Fsp3) is 0.467. The number of carbonyl (C=O) groups excluding carboxylic acids is 2. The van der Waals surface area contributed by atoms with E-state index in [1.54, 1.807) is 0 Å². The van der Waals surface area contributed by atoms with Crippen LogP contribution in [0.1, 0.15) is 29.3 Å². The Morgan fingerprint density at radius 3 is 2.70 bits per heavy atom. The van der Waals surface area contributed by atoms with Gasteiger partial charge in [-0.15, -0.1) is 0 Å². The van der Waals surface area contributed by atoms with E-state index in [9.17, 15) is 22.8 Å². The van der Waals surface area contributed by atoms with Crippen LogP contribution in [0.3, 0.4) is 0 Å². The third kappa shape index (κ3) is 4.95. The van der Waals surface area contributed by atoms with Gasteiger partial charge in [-0.25, -0.2) is 0 Å². The lowest BCUT2D eigenvalue weighted by molar-refractivity contribution is -0.137. The molecule has 5 nitrogen and oxygen atoms in total. The van der Waals surface area contributed by atoms with E-state index in [0.29, 0.717) is 12.6 Å². The predicted molar refractivity (Wildman–Crippen MR) is 77.8 cm³/mol. The van der Waals surface area contributed by atoms with Gasteiger partial charge < -0.3 is 16.0 Å². The molecular formula is C15H18F3N3O2. The average molecular weight is 329 g/mol. The van der Waals surface area contributed by atoms with E-state index in [0.717, 1.165) is 24.6 Å². The summed E-state index contributed by atoms with van der Waals surface area (Å²) in [5.41, 5.74) is -1.04. The zero-order valence-electron chi connectivity index (χ0n) is 12.5. The maximum atomic E-state index is 12.6. The van der Waals surface area contributed by atoms with Crippen LogP contribution in [0.4, 0.5) is 13.2 Å². The van der Waals surface area contributed by atoms with Gasteiger partial charge in [-0.05, 0) is 31.5 Å². The lowest BCUT2D eigenvalue weighted by atomic mass is 10.1. The number of hydrogen-bond acceptors (Lipinski definition) is 3. The van der Waals surface area contributed by atoms with Crippen molar-refractivity contribution in [3.8, 4) is 0 Å². The summed E-state index contributed by atoms with van der Waals surface area (Å²) in [6.45, 7) is 2.38. The van der Waals surface area contributed by atoms with Crippen LogP contribution in [0.5, 0.6) is 0 Å². The molecule has 2 amide bonds. The van der Waals surface area contributed by atoms with Gasteiger partial charge in [-0.2, -0.15) is 13.2 Å². The van der Waals surface area contributed by atoms with Crippen LogP contribution in [0.15, 0.2) is 24.3 Å². The molecule has 1 fully saturated rings. The molecule has 0 bridgehead atoms. The first-order chi connectivity index (χ1) is 10.8. The van der Waals surface area contributed by atoms with Gasteiger partial charge in [-0.3, -0.25) is 9.59 Å². The van der Waals surface area contributed by atoms with Gasteiger partial charge in [0, 0.05) is 24.2 Å². The van der Waals surface area contributed by atoms with Gasteiger partial charge in [-0.1, -0.05) is 6.07 Å². The predicted octanol–water partition coefficient (Wildman–Crippen LogP) is 1.30. The third-order valence-electron chi connectivity index (χ3n) is 3.58. The molecular weight excluding hydrogens is 311 g/mol. The Balaban J connectivity index is 1.86. The highest BCUT2D eigenvalue weighted by Gasteiger charge is 2.31. The monoisotopic (exact) mass is 329 g/mol. The zero-order valence-corrected chi connectivity index (χ0v) is 12.5. The van der Waals surface area contributed by atoms with Crippen molar-refractivity contribution in [1.29, 1.82) is 0 Å². The second-order valence-corrected chi connectivity index (χ2v) is 5.57. The molecule has 1 aromatic carbocycles. The van der Waals surface area contributed by atoms with Crippen molar-refractivity contribution >= 4 is 11.8 Å². The highest BCUT2D eigenvalue weighted by molar-refractivity contribution is 5.96. The molecule has 0 aromatic heterocycles. The summed E-state index contributed by atoms with van der Waals surface area (Å²) < 4.78 is 37.8. The molecule has 0 saturated carbocycles. The summed E-state index contributed by atoms with van der Waals surface area (Å²) in [6.07, 6.45) is -3.72. The Labute approximate surface area is 131 Å². The quantitative estimate of drug-likeness (QED) is 0.780. The molecule has 2 atom stereocenters. The summed E-state index contributed by atoms with van der Waals surface area (Å²) >= 11 is 0. The summed E-state index contributed by atoms with van der Waals surface area (Å²) in [5, 5.41) is 8.26. The molecule has 2 rings (SSSR count). The summed E-state index contributed by atoms with van der Waals surface area (Å²) in [5.74, 6) is -1.09. The first-order valence-corrected chi connectivity index (χ1v) is 7.24. The number of nitrogens with one attached hydrogen (secondary N) is 3. The van der Waals surface area contributed by atoms with Crippen LogP contribution >= 0.6 is 0 Å². The van der Waals surface area contributed by atoms with Crippen molar-refractivity contribution in [2.45, 2.75) is 31.6 Å². The van der Waals surface area contributed by atoms with E-state index in [1.807, 2.05) is 6.92 Å². The lowest BCUT2D eigenvalue weighted by Gasteiger charge is -2.12. The largest absolute Gasteiger partial charge is 0.416 e. The molecule has 1 aromatic rings. The number of alkyl halides is 3. The normalized spacial score (nSPS) is 21.0. The number of benzene rings is 1. The molecule has 3 N–H and O–H groups in total. The van der Waals surface area contributed by atoms with E-state index in [-0.39, 0.29) is 24.1 Å². The van der Waals surface area contributed by atoms with E-state index < -0.39 is 17.6 Å². The Bertz CT molecular complexity index is 590. The molecule has 1 saturated heterocycles. The fourth-order valence-corrected chi connectivity index (χ4v) is 2.42. The number of rotatable bonds is 4. The average Bonchev–Trinajstić information content (AvgIpc) is 2.89. The Morgan fingerprint density at radius 1 is 1.35 bits per heavy atom. The SMILES string of the molecule is C[C@H]1C[C@@H](NC(=O)CNC(=O)c2cccc(C(F)(F)F)c2)CN1. The molecule has 1 aliphatic heterocycles. The van der Waals surface area contributed by atoms with Gasteiger partial charge in [0.15, 0.2) is 0 Å². The minimum atomic E-state index is -4.51. The smallest absolute Gasteiger partial charge is 0.350 e. The van der Waals surface area contributed by atoms with Gasteiger partial charge in [0.1, 0.15) is 0 Å². The van der Waals surface area contributed by atoms with Gasteiger partial charge in [0.2, 0.25) is 5.91 Å². The van der Waals surface area contributed by atoms with Crippen molar-refractivity contribution in [3.63, 3.8) is 0 Å². The van der Waals surface area contributed by atoms with E-state index >= 15 is 0 Å². The topological polar surface area (TPSA) is 70.2 Å². The van der Waals surface area contributed by atoms with E-state index in [4.69, 9.17) is 0 Å². The number of halogens is 3. The number of amides is 2. The maximum Gasteiger partial charge on any atom is 0.416 e. The highest BCUT2D eigenvalue weighted by atomic mass is 19.4. The van der Waals surface area contributed by atoms with Crippen molar-refractivity contribution in [1.82, 2.24) is 16.0 Å². The standard InChI is InChI=1S/C15H18F3N3O2/c1-9-5-12(7-19-9)21-13(22)8-20-14(23)10-3-2-4-11(6-10)15(16,17)18/h2-4,6,9,12,19H,5,7-8H2,1H3,(H,20,23)(H,21,22)/t9-,12+/m0/s1.